The summed E-state index contributed by atoms with van der Waals surface area (Å²) in [4.78, 5) is 27.6. The normalized spacial score (nSPS) is 13.3. The summed E-state index contributed by atoms with van der Waals surface area (Å²) in [7, 11) is 0. The van der Waals surface area contributed by atoms with E-state index < -0.39 is 6.04 Å². The molecular weight excluding hydrogens is 392 g/mol. The maximum Gasteiger partial charge on any atom is 0.251 e. The molecule has 3 rings (SSSR count). The minimum atomic E-state index is -0.632. The van der Waals surface area contributed by atoms with Crippen molar-refractivity contribution in [2.24, 2.45) is 5.92 Å². The van der Waals surface area contributed by atoms with Crippen LogP contribution in [0.3, 0.4) is 0 Å². The Labute approximate surface area is 175 Å². The SMILES string of the molecule is CCN(Cc1ccc2c(c1)OCO2)C(=O)C(NC(=O)c1ccc(Cl)cc1)C(C)C. The summed E-state index contributed by atoms with van der Waals surface area (Å²) < 4.78 is 10.8. The van der Waals surface area contributed by atoms with Crippen molar-refractivity contribution in [2.75, 3.05) is 13.3 Å². The van der Waals surface area contributed by atoms with Gasteiger partial charge in [0.1, 0.15) is 6.04 Å². The molecule has 0 saturated carbocycles. The molecule has 0 spiro atoms. The number of nitrogens with one attached hydrogen (secondary N) is 1. The number of hydrogen-bond donors (Lipinski definition) is 1. The predicted molar refractivity (Wildman–Crippen MR) is 111 cm³/mol. The highest BCUT2D eigenvalue weighted by Crippen LogP contribution is 2.32. The minimum Gasteiger partial charge on any atom is -0.454 e. The number of amides is 2. The topological polar surface area (TPSA) is 67.9 Å². The lowest BCUT2D eigenvalue weighted by molar-refractivity contribution is -0.134. The molecule has 0 aliphatic carbocycles. The van der Waals surface area contributed by atoms with Gasteiger partial charge in [0.25, 0.3) is 5.91 Å². The van der Waals surface area contributed by atoms with Crippen LogP contribution in [0.25, 0.3) is 0 Å². The van der Waals surface area contributed by atoms with Crippen LogP contribution in [0.1, 0.15) is 36.7 Å². The first-order chi connectivity index (χ1) is 13.9. The van der Waals surface area contributed by atoms with E-state index in [-0.39, 0.29) is 24.5 Å². The van der Waals surface area contributed by atoms with Crippen LogP contribution in [-0.2, 0) is 11.3 Å². The summed E-state index contributed by atoms with van der Waals surface area (Å²) in [6.07, 6.45) is 0. The zero-order chi connectivity index (χ0) is 21.0. The van der Waals surface area contributed by atoms with Crippen LogP contribution < -0.4 is 14.8 Å². The molecule has 7 heteroatoms. The molecule has 1 aliphatic rings. The quantitative estimate of drug-likeness (QED) is 0.743. The van der Waals surface area contributed by atoms with E-state index in [1.807, 2.05) is 39.0 Å². The number of carbonyl (C=O) groups excluding carboxylic acids is 2. The smallest absolute Gasteiger partial charge is 0.251 e. The Balaban J connectivity index is 1.72. The number of nitrogens with zero attached hydrogens (tertiary/aromatic N) is 1. The molecule has 1 aliphatic heterocycles. The Morgan fingerprint density at radius 1 is 1.10 bits per heavy atom. The Hall–Kier alpha value is -2.73. The third-order valence-electron chi connectivity index (χ3n) is 4.83. The molecule has 1 heterocycles. The van der Waals surface area contributed by atoms with Crippen LogP contribution in [0.2, 0.25) is 5.02 Å². The van der Waals surface area contributed by atoms with E-state index >= 15 is 0 Å². The van der Waals surface area contributed by atoms with Gasteiger partial charge >= 0.3 is 0 Å². The number of benzene rings is 2. The number of halogens is 1. The van der Waals surface area contributed by atoms with Crippen molar-refractivity contribution in [3.63, 3.8) is 0 Å². The van der Waals surface area contributed by atoms with Gasteiger partial charge in [0, 0.05) is 23.7 Å². The van der Waals surface area contributed by atoms with E-state index in [0.29, 0.717) is 35.2 Å². The first-order valence-electron chi connectivity index (χ1n) is 9.62. The molecule has 0 saturated heterocycles. The van der Waals surface area contributed by atoms with E-state index in [4.69, 9.17) is 21.1 Å². The monoisotopic (exact) mass is 416 g/mol. The van der Waals surface area contributed by atoms with Gasteiger partial charge in [-0.3, -0.25) is 9.59 Å². The van der Waals surface area contributed by atoms with Crippen molar-refractivity contribution in [1.29, 1.82) is 0 Å². The van der Waals surface area contributed by atoms with Crippen molar-refractivity contribution in [2.45, 2.75) is 33.4 Å². The average Bonchev–Trinajstić information content (AvgIpc) is 3.17. The zero-order valence-electron chi connectivity index (χ0n) is 16.8. The number of hydrogen-bond acceptors (Lipinski definition) is 4. The Morgan fingerprint density at radius 3 is 2.45 bits per heavy atom. The second-order valence-electron chi connectivity index (χ2n) is 7.24. The van der Waals surface area contributed by atoms with Crippen LogP contribution in [-0.4, -0.2) is 36.1 Å². The lowest BCUT2D eigenvalue weighted by Gasteiger charge is -2.29. The van der Waals surface area contributed by atoms with Gasteiger partial charge in [-0.1, -0.05) is 31.5 Å². The number of likely N-dealkylation sites (N-methyl/N-ethyl adjacent to an activating group) is 1. The van der Waals surface area contributed by atoms with Gasteiger partial charge < -0.3 is 19.7 Å². The summed E-state index contributed by atoms with van der Waals surface area (Å²) >= 11 is 5.89. The van der Waals surface area contributed by atoms with Gasteiger partial charge in [-0.2, -0.15) is 0 Å². The number of carbonyl (C=O) groups is 2. The standard InChI is InChI=1S/C22H25ClN2O4/c1-4-25(12-15-5-10-18-19(11-15)29-13-28-18)22(27)20(14(2)3)24-21(26)16-6-8-17(23)9-7-16/h5-11,14,20H,4,12-13H2,1-3H3,(H,24,26). The summed E-state index contributed by atoms with van der Waals surface area (Å²) in [5, 5.41) is 3.43. The molecule has 0 bridgehead atoms. The lowest BCUT2D eigenvalue weighted by Crippen LogP contribution is -2.51. The van der Waals surface area contributed by atoms with E-state index in [2.05, 4.69) is 5.32 Å². The van der Waals surface area contributed by atoms with Gasteiger partial charge in [-0.15, -0.1) is 0 Å². The van der Waals surface area contributed by atoms with Crippen molar-refractivity contribution >= 4 is 23.4 Å². The third-order valence-corrected chi connectivity index (χ3v) is 5.08. The van der Waals surface area contributed by atoms with Gasteiger partial charge in [0.05, 0.1) is 0 Å². The van der Waals surface area contributed by atoms with Crippen LogP contribution in [0.15, 0.2) is 42.5 Å². The average molecular weight is 417 g/mol. The molecule has 0 fully saturated rings. The van der Waals surface area contributed by atoms with E-state index in [9.17, 15) is 9.59 Å². The highest BCUT2D eigenvalue weighted by molar-refractivity contribution is 6.30. The van der Waals surface area contributed by atoms with Crippen LogP contribution in [0.4, 0.5) is 0 Å². The summed E-state index contributed by atoms with van der Waals surface area (Å²) in [5.74, 6) is 0.903. The fraction of sp³-hybridized carbons (Fsp3) is 0.364. The van der Waals surface area contributed by atoms with Crippen molar-refractivity contribution in [3.05, 3.63) is 58.6 Å². The Morgan fingerprint density at radius 2 is 1.79 bits per heavy atom. The molecule has 2 aromatic rings. The molecule has 1 unspecified atom stereocenters. The van der Waals surface area contributed by atoms with Gasteiger partial charge in [-0.05, 0) is 54.8 Å². The lowest BCUT2D eigenvalue weighted by atomic mass is 10.0. The Kier molecular flexibility index (Phi) is 6.64. The summed E-state index contributed by atoms with van der Waals surface area (Å²) in [6.45, 7) is 6.90. The highest BCUT2D eigenvalue weighted by Gasteiger charge is 2.28. The summed E-state index contributed by atoms with van der Waals surface area (Å²) in [6, 6.07) is 11.6. The molecule has 2 aromatic carbocycles. The first-order valence-corrected chi connectivity index (χ1v) is 10.0. The molecule has 6 nitrogen and oxygen atoms in total. The van der Waals surface area contributed by atoms with Crippen LogP contribution >= 0.6 is 11.6 Å². The number of rotatable bonds is 7. The molecule has 2 amide bonds. The van der Waals surface area contributed by atoms with E-state index in [1.165, 1.54) is 0 Å². The number of fused-ring (bicyclic) bond motifs is 1. The van der Waals surface area contributed by atoms with E-state index in [0.717, 1.165) is 5.56 Å². The second kappa shape index (κ2) is 9.18. The molecule has 0 radical (unpaired) electrons. The minimum absolute atomic E-state index is 0.0652. The fourth-order valence-electron chi connectivity index (χ4n) is 3.14. The van der Waals surface area contributed by atoms with Crippen molar-refractivity contribution in [1.82, 2.24) is 10.2 Å². The fourth-order valence-corrected chi connectivity index (χ4v) is 3.27. The predicted octanol–water partition coefficient (Wildman–Crippen LogP) is 3.87. The van der Waals surface area contributed by atoms with Gasteiger partial charge in [0.2, 0.25) is 12.7 Å². The molecular formula is C22H25ClN2O4. The summed E-state index contributed by atoms with van der Waals surface area (Å²) in [5.41, 5.74) is 1.41. The van der Waals surface area contributed by atoms with Crippen molar-refractivity contribution in [3.8, 4) is 11.5 Å². The second-order valence-corrected chi connectivity index (χ2v) is 7.68. The van der Waals surface area contributed by atoms with Gasteiger partial charge in [0.15, 0.2) is 11.5 Å². The number of ether oxygens (including phenoxy) is 2. The first kappa shape index (κ1) is 21.0. The molecule has 1 atom stereocenters. The molecule has 1 N–H and O–H groups in total. The van der Waals surface area contributed by atoms with E-state index in [1.54, 1.807) is 29.2 Å². The highest BCUT2D eigenvalue weighted by atomic mass is 35.5. The van der Waals surface area contributed by atoms with Crippen LogP contribution in [0, 0.1) is 5.92 Å². The zero-order valence-corrected chi connectivity index (χ0v) is 17.5. The maximum atomic E-state index is 13.2. The largest absolute Gasteiger partial charge is 0.454 e. The molecule has 154 valence electrons. The molecule has 29 heavy (non-hydrogen) atoms. The third kappa shape index (κ3) is 5.01. The Bertz CT molecular complexity index is 883. The van der Waals surface area contributed by atoms with Gasteiger partial charge in [-0.25, -0.2) is 0 Å². The van der Waals surface area contributed by atoms with Crippen LogP contribution in [0.5, 0.6) is 11.5 Å². The maximum absolute atomic E-state index is 13.2. The molecule has 0 aromatic heterocycles. The van der Waals surface area contributed by atoms with Crippen molar-refractivity contribution < 1.29 is 19.1 Å².